The van der Waals surface area contributed by atoms with E-state index in [1.807, 2.05) is 19.1 Å². The summed E-state index contributed by atoms with van der Waals surface area (Å²) in [7, 11) is 0. The molecule has 0 unspecified atom stereocenters. The van der Waals surface area contributed by atoms with Gasteiger partial charge in [0.2, 0.25) is 11.6 Å². The minimum Gasteiger partial charge on any atom is -0.349 e. The summed E-state index contributed by atoms with van der Waals surface area (Å²) in [5.41, 5.74) is 1.09. The summed E-state index contributed by atoms with van der Waals surface area (Å²) < 4.78 is 0. The molecule has 1 N–H and O–H groups in total. The van der Waals surface area contributed by atoms with Crippen LogP contribution >= 0.6 is 11.6 Å². The first-order valence-electron chi connectivity index (χ1n) is 7.99. The molecule has 1 aromatic carbocycles. The molecule has 0 amide bonds. The first kappa shape index (κ1) is 19.9. The molecule has 1 aromatic heterocycles. The number of aromatic nitrogens is 2. The second kappa shape index (κ2) is 9.32. The molecule has 0 radical (unpaired) electrons. The molecule has 0 spiro atoms. The molecule has 0 saturated carbocycles. The molecule has 0 saturated heterocycles. The number of nitrogens with zero attached hydrogens (tertiary/aromatic N) is 6. The van der Waals surface area contributed by atoms with Crippen LogP contribution in [0.25, 0.3) is 0 Å². The molecule has 10 heteroatoms. The van der Waals surface area contributed by atoms with Crippen molar-refractivity contribution in [2.24, 2.45) is 0 Å². The monoisotopic (exact) mass is 385 g/mol. The van der Waals surface area contributed by atoms with E-state index in [0.717, 1.165) is 5.56 Å². The normalized spacial score (nSPS) is 9.93. The molecule has 27 heavy (non-hydrogen) atoms. The van der Waals surface area contributed by atoms with Crippen LogP contribution in [0.3, 0.4) is 0 Å². The minimum atomic E-state index is -0.580. The van der Waals surface area contributed by atoms with Gasteiger partial charge in [-0.1, -0.05) is 17.7 Å². The summed E-state index contributed by atoms with van der Waals surface area (Å²) in [6.07, 6.45) is 1.49. The maximum Gasteiger partial charge on any atom is 0.353 e. The van der Waals surface area contributed by atoms with E-state index in [1.165, 1.54) is 6.33 Å². The Labute approximate surface area is 161 Å². The summed E-state index contributed by atoms with van der Waals surface area (Å²) in [6.45, 7) is 2.26. The van der Waals surface area contributed by atoms with E-state index >= 15 is 0 Å². The van der Waals surface area contributed by atoms with Crippen molar-refractivity contribution in [1.82, 2.24) is 9.97 Å². The highest BCUT2D eigenvalue weighted by atomic mass is 35.5. The van der Waals surface area contributed by atoms with E-state index in [2.05, 4.69) is 15.3 Å². The Hall–Kier alpha value is -3.43. The maximum absolute atomic E-state index is 11.7. The van der Waals surface area contributed by atoms with Crippen LogP contribution in [0.1, 0.15) is 18.4 Å². The van der Waals surface area contributed by atoms with Gasteiger partial charge in [-0.15, -0.1) is 0 Å². The highest BCUT2D eigenvalue weighted by Crippen LogP contribution is 2.34. The van der Waals surface area contributed by atoms with Crippen LogP contribution in [0.4, 0.5) is 23.0 Å². The van der Waals surface area contributed by atoms with Gasteiger partial charge in [-0.3, -0.25) is 10.1 Å². The fraction of sp³-hybridized carbons (Fsp3) is 0.294. The summed E-state index contributed by atoms with van der Waals surface area (Å²) >= 11 is 6.01. The number of nitriles is 2. The van der Waals surface area contributed by atoms with Crippen molar-refractivity contribution in [2.75, 3.05) is 23.3 Å². The number of anilines is 3. The Bertz CT molecular complexity index is 902. The number of rotatable bonds is 8. The molecule has 0 bridgehead atoms. The predicted octanol–water partition coefficient (Wildman–Crippen LogP) is 3.72. The first-order valence-corrected chi connectivity index (χ1v) is 8.37. The third-order valence-corrected chi connectivity index (χ3v) is 3.96. The van der Waals surface area contributed by atoms with E-state index in [9.17, 15) is 10.1 Å². The topological polar surface area (TPSA) is 132 Å². The second-order valence-electron chi connectivity index (χ2n) is 5.54. The maximum atomic E-state index is 11.7. The number of aryl methyl sites for hydroxylation is 1. The molecule has 0 atom stereocenters. The van der Waals surface area contributed by atoms with Gasteiger partial charge in [-0.2, -0.15) is 10.5 Å². The molecular weight excluding hydrogens is 370 g/mol. The van der Waals surface area contributed by atoms with Gasteiger partial charge >= 0.3 is 5.69 Å². The van der Waals surface area contributed by atoms with Crippen molar-refractivity contribution >= 4 is 34.6 Å². The quantitative estimate of drug-likeness (QED) is 0.537. The fourth-order valence-corrected chi connectivity index (χ4v) is 2.58. The van der Waals surface area contributed by atoms with Crippen molar-refractivity contribution < 1.29 is 4.92 Å². The number of halogens is 1. The summed E-state index contributed by atoms with van der Waals surface area (Å²) in [5, 5.41) is 32.8. The van der Waals surface area contributed by atoms with E-state index in [1.54, 1.807) is 23.1 Å². The molecule has 0 aliphatic heterocycles. The standard InChI is InChI=1S/C17H16ClN7O2/c1-12-4-5-13(18)10-14(12)23-16-15(25(26)27)17(22-11-21-16)24(8-2-6-19)9-3-7-20/h4-5,10-11H,2-3,8-9H2,1H3,(H,21,22,23). The molecule has 2 rings (SSSR count). The lowest BCUT2D eigenvalue weighted by Gasteiger charge is -2.21. The van der Waals surface area contributed by atoms with Crippen molar-refractivity contribution in [3.63, 3.8) is 0 Å². The van der Waals surface area contributed by atoms with E-state index in [4.69, 9.17) is 22.1 Å². The van der Waals surface area contributed by atoms with Crippen molar-refractivity contribution in [3.8, 4) is 12.1 Å². The molecule has 9 nitrogen and oxygen atoms in total. The Kier molecular flexibility index (Phi) is 6.86. The van der Waals surface area contributed by atoms with Crippen LogP contribution in [0.2, 0.25) is 5.02 Å². The summed E-state index contributed by atoms with van der Waals surface area (Å²) in [6, 6.07) is 9.13. The largest absolute Gasteiger partial charge is 0.353 e. The lowest BCUT2D eigenvalue weighted by atomic mass is 10.2. The van der Waals surface area contributed by atoms with Crippen LogP contribution in [-0.2, 0) is 0 Å². The number of nitrogens with one attached hydrogen (secondary N) is 1. The SMILES string of the molecule is Cc1ccc(Cl)cc1Nc1ncnc(N(CCC#N)CCC#N)c1[N+](=O)[O-]. The Morgan fingerprint density at radius 1 is 1.26 bits per heavy atom. The van der Waals surface area contributed by atoms with Gasteiger partial charge in [0.1, 0.15) is 6.33 Å². The van der Waals surface area contributed by atoms with Crippen LogP contribution < -0.4 is 10.2 Å². The smallest absolute Gasteiger partial charge is 0.349 e. The third kappa shape index (κ3) is 5.03. The Morgan fingerprint density at radius 3 is 2.52 bits per heavy atom. The molecule has 0 fully saturated rings. The van der Waals surface area contributed by atoms with Crippen LogP contribution in [0, 0.1) is 39.7 Å². The van der Waals surface area contributed by atoms with Crippen molar-refractivity contribution in [1.29, 1.82) is 10.5 Å². The minimum absolute atomic E-state index is 0.00859. The number of benzene rings is 1. The van der Waals surface area contributed by atoms with Gasteiger partial charge in [0.15, 0.2) is 0 Å². The van der Waals surface area contributed by atoms with E-state index < -0.39 is 4.92 Å². The molecule has 1 heterocycles. The van der Waals surface area contributed by atoms with Crippen molar-refractivity contribution in [2.45, 2.75) is 19.8 Å². The van der Waals surface area contributed by atoms with Gasteiger partial charge in [0.25, 0.3) is 0 Å². The number of hydrogen-bond acceptors (Lipinski definition) is 8. The van der Waals surface area contributed by atoms with Gasteiger partial charge in [-0.25, -0.2) is 9.97 Å². The van der Waals surface area contributed by atoms with Gasteiger partial charge in [0, 0.05) is 23.8 Å². The summed E-state index contributed by atoms with van der Waals surface area (Å²) in [4.78, 5) is 20.7. The molecular formula is C17H16ClN7O2. The second-order valence-corrected chi connectivity index (χ2v) is 5.98. The van der Waals surface area contributed by atoms with Crippen molar-refractivity contribution in [3.05, 3.63) is 45.2 Å². The highest BCUT2D eigenvalue weighted by Gasteiger charge is 2.27. The number of hydrogen-bond donors (Lipinski definition) is 1. The fourth-order valence-electron chi connectivity index (χ4n) is 2.41. The molecule has 0 aliphatic rings. The average Bonchev–Trinajstić information content (AvgIpc) is 2.64. The third-order valence-electron chi connectivity index (χ3n) is 3.72. The number of nitro groups is 1. The molecule has 2 aromatic rings. The average molecular weight is 386 g/mol. The van der Waals surface area contributed by atoms with Gasteiger partial charge < -0.3 is 10.2 Å². The summed E-state index contributed by atoms with van der Waals surface area (Å²) in [5.74, 6) is 0.0666. The zero-order valence-electron chi connectivity index (χ0n) is 14.5. The zero-order chi connectivity index (χ0) is 19.8. The molecule has 138 valence electrons. The van der Waals surface area contributed by atoms with Crippen LogP contribution in [0.15, 0.2) is 24.5 Å². The highest BCUT2D eigenvalue weighted by molar-refractivity contribution is 6.30. The van der Waals surface area contributed by atoms with Crippen LogP contribution in [0.5, 0.6) is 0 Å². The van der Waals surface area contributed by atoms with Gasteiger partial charge in [0.05, 0.1) is 29.9 Å². The van der Waals surface area contributed by atoms with Gasteiger partial charge in [-0.05, 0) is 24.6 Å². The van der Waals surface area contributed by atoms with E-state index in [-0.39, 0.29) is 43.3 Å². The first-order chi connectivity index (χ1) is 13.0. The zero-order valence-corrected chi connectivity index (χ0v) is 15.3. The lowest BCUT2D eigenvalue weighted by molar-refractivity contribution is -0.383. The molecule has 0 aliphatic carbocycles. The Morgan fingerprint density at radius 2 is 1.93 bits per heavy atom. The van der Waals surface area contributed by atoms with Crippen LogP contribution in [-0.4, -0.2) is 28.0 Å². The lowest BCUT2D eigenvalue weighted by Crippen LogP contribution is -2.27. The van der Waals surface area contributed by atoms with E-state index in [0.29, 0.717) is 10.7 Å². The predicted molar refractivity (Wildman–Crippen MR) is 101 cm³/mol. The Balaban J connectivity index is 2.49.